The highest BCUT2D eigenvalue weighted by atomic mass is 35.5. The Labute approximate surface area is 146 Å². The van der Waals surface area contributed by atoms with Crippen LogP contribution < -0.4 is 10.1 Å². The number of carbonyl (C=O) groups excluding carboxylic acids is 1. The second-order valence-electron chi connectivity index (χ2n) is 5.51. The molecule has 0 bridgehead atoms. The molecule has 2 unspecified atom stereocenters. The first kappa shape index (κ1) is 16.6. The van der Waals surface area contributed by atoms with Gasteiger partial charge in [0.25, 0.3) is 0 Å². The van der Waals surface area contributed by atoms with Gasteiger partial charge in [0.05, 0.1) is 18.3 Å². The summed E-state index contributed by atoms with van der Waals surface area (Å²) in [4.78, 5) is 12.1. The lowest BCUT2D eigenvalue weighted by Crippen LogP contribution is -2.21. The smallest absolute Gasteiger partial charge is 0.230 e. The third kappa shape index (κ3) is 3.61. The van der Waals surface area contributed by atoms with Crippen LogP contribution in [0.5, 0.6) is 5.75 Å². The van der Waals surface area contributed by atoms with Gasteiger partial charge in [-0.1, -0.05) is 41.9 Å². The van der Waals surface area contributed by atoms with Gasteiger partial charge in [-0.2, -0.15) is 0 Å². The lowest BCUT2D eigenvalue weighted by Gasteiger charge is -2.18. The Morgan fingerprint density at radius 3 is 2.67 bits per heavy atom. The average Bonchev–Trinajstić information content (AvgIpc) is 2.98. The summed E-state index contributed by atoms with van der Waals surface area (Å²) in [5.74, 6) is 0.238. The number of hydrogen-bond acceptors (Lipinski definition) is 3. The van der Waals surface area contributed by atoms with Crippen LogP contribution in [0.25, 0.3) is 6.08 Å². The molecule has 4 nitrogen and oxygen atoms in total. The van der Waals surface area contributed by atoms with Gasteiger partial charge in [0, 0.05) is 24.2 Å². The second kappa shape index (κ2) is 7.51. The van der Waals surface area contributed by atoms with Crippen molar-refractivity contribution in [1.82, 2.24) is 5.32 Å². The van der Waals surface area contributed by atoms with Gasteiger partial charge < -0.3 is 14.8 Å². The summed E-state index contributed by atoms with van der Waals surface area (Å²) in [5, 5.41) is 3.52. The molecule has 0 aliphatic carbocycles. The summed E-state index contributed by atoms with van der Waals surface area (Å²) in [6.45, 7) is 0.509. The highest BCUT2D eigenvalue weighted by Crippen LogP contribution is 2.33. The van der Waals surface area contributed by atoms with E-state index in [0.717, 1.165) is 11.1 Å². The van der Waals surface area contributed by atoms with E-state index in [0.29, 0.717) is 17.3 Å². The topological polar surface area (TPSA) is 47.6 Å². The predicted octanol–water partition coefficient (Wildman–Crippen LogP) is 3.62. The maximum absolute atomic E-state index is 12.1. The highest BCUT2D eigenvalue weighted by molar-refractivity contribution is 6.30. The second-order valence-corrected chi connectivity index (χ2v) is 5.94. The molecule has 0 spiro atoms. The highest BCUT2D eigenvalue weighted by Gasteiger charge is 2.37. The van der Waals surface area contributed by atoms with Gasteiger partial charge in [-0.25, -0.2) is 0 Å². The van der Waals surface area contributed by atoms with Crippen LogP contribution in [-0.4, -0.2) is 25.7 Å². The molecule has 1 aliphatic rings. The van der Waals surface area contributed by atoms with E-state index in [-0.39, 0.29) is 17.9 Å². The Morgan fingerprint density at radius 1 is 1.17 bits per heavy atom. The van der Waals surface area contributed by atoms with Gasteiger partial charge in [0.2, 0.25) is 5.91 Å². The molecule has 0 radical (unpaired) electrons. The number of carbonyl (C=O) groups is 1. The van der Waals surface area contributed by atoms with E-state index < -0.39 is 0 Å². The van der Waals surface area contributed by atoms with Crippen molar-refractivity contribution in [2.75, 3.05) is 13.7 Å². The first-order chi connectivity index (χ1) is 11.7. The van der Waals surface area contributed by atoms with Gasteiger partial charge in [0.15, 0.2) is 0 Å². The van der Waals surface area contributed by atoms with Crippen LogP contribution >= 0.6 is 11.6 Å². The Hall–Kier alpha value is -2.30. The summed E-state index contributed by atoms with van der Waals surface area (Å²) in [7, 11) is 1.61. The summed E-state index contributed by atoms with van der Waals surface area (Å²) < 4.78 is 11.2. The molecule has 3 rings (SSSR count). The van der Waals surface area contributed by atoms with E-state index in [4.69, 9.17) is 21.1 Å². The first-order valence-corrected chi connectivity index (χ1v) is 8.05. The van der Waals surface area contributed by atoms with Crippen LogP contribution in [0.4, 0.5) is 0 Å². The van der Waals surface area contributed by atoms with Crippen molar-refractivity contribution in [3.8, 4) is 5.75 Å². The molecule has 1 heterocycles. The number of rotatable bonds is 5. The van der Waals surface area contributed by atoms with Crippen molar-refractivity contribution in [3.05, 3.63) is 70.9 Å². The molecule has 1 N–H and O–H groups in total. The maximum atomic E-state index is 12.1. The van der Waals surface area contributed by atoms with Gasteiger partial charge >= 0.3 is 0 Å². The molecule has 1 aliphatic heterocycles. The quantitative estimate of drug-likeness (QED) is 0.843. The van der Waals surface area contributed by atoms with E-state index in [2.05, 4.69) is 5.32 Å². The molecule has 1 fully saturated rings. The maximum Gasteiger partial charge on any atom is 0.230 e. The zero-order valence-electron chi connectivity index (χ0n) is 13.2. The van der Waals surface area contributed by atoms with Crippen molar-refractivity contribution >= 4 is 23.6 Å². The molecule has 2 aromatic rings. The molecule has 1 amide bonds. The predicted molar refractivity (Wildman–Crippen MR) is 94.1 cm³/mol. The molecule has 5 heteroatoms. The summed E-state index contributed by atoms with van der Waals surface area (Å²) >= 11 is 5.87. The summed E-state index contributed by atoms with van der Waals surface area (Å²) in [5.41, 5.74) is 1.80. The molecule has 124 valence electrons. The van der Waals surface area contributed by atoms with Gasteiger partial charge in [-0.15, -0.1) is 0 Å². The Morgan fingerprint density at radius 2 is 1.92 bits per heavy atom. The van der Waals surface area contributed by atoms with Gasteiger partial charge in [-0.3, -0.25) is 4.79 Å². The SMILES string of the molecule is COC1CNC(=O)C1c1ccccc1OC=Cc1ccc(Cl)cc1. The number of amides is 1. The zero-order chi connectivity index (χ0) is 16.9. The number of ether oxygens (including phenoxy) is 2. The molecule has 24 heavy (non-hydrogen) atoms. The van der Waals surface area contributed by atoms with Crippen LogP contribution in [0.1, 0.15) is 17.0 Å². The fourth-order valence-corrected chi connectivity index (χ4v) is 2.89. The first-order valence-electron chi connectivity index (χ1n) is 7.67. The number of hydrogen-bond donors (Lipinski definition) is 1. The fourth-order valence-electron chi connectivity index (χ4n) is 2.76. The van der Waals surface area contributed by atoms with Crippen molar-refractivity contribution in [3.63, 3.8) is 0 Å². The van der Waals surface area contributed by atoms with Crippen molar-refractivity contribution < 1.29 is 14.3 Å². The molecule has 0 aromatic heterocycles. The lowest BCUT2D eigenvalue weighted by molar-refractivity contribution is -0.121. The van der Waals surface area contributed by atoms with E-state index in [1.165, 1.54) is 0 Å². The monoisotopic (exact) mass is 343 g/mol. The number of halogens is 1. The standard InChI is InChI=1S/C19H18ClNO3/c1-23-17-12-21-19(22)18(17)15-4-2-3-5-16(15)24-11-10-13-6-8-14(20)9-7-13/h2-11,17-18H,12H2,1H3,(H,21,22). The van der Waals surface area contributed by atoms with E-state index >= 15 is 0 Å². The summed E-state index contributed by atoms with van der Waals surface area (Å²) in [6.07, 6.45) is 3.26. The minimum atomic E-state index is -0.366. The van der Waals surface area contributed by atoms with Gasteiger partial charge in [0.1, 0.15) is 5.75 Å². The Bertz CT molecular complexity index is 743. The third-order valence-corrected chi connectivity index (χ3v) is 4.27. The number of methoxy groups -OCH3 is 1. The van der Waals surface area contributed by atoms with Crippen molar-refractivity contribution in [1.29, 1.82) is 0 Å². The average molecular weight is 344 g/mol. The van der Waals surface area contributed by atoms with Crippen molar-refractivity contribution in [2.24, 2.45) is 0 Å². The molecule has 1 saturated heterocycles. The van der Waals surface area contributed by atoms with Crippen molar-refractivity contribution in [2.45, 2.75) is 12.0 Å². The molecular formula is C19H18ClNO3. The number of nitrogens with one attached hydrogen (secondary N) is 1. The van der Waals surface area contributed by atoms with Crippen LogP contribution in [0.2, 0.25) is 5.02 Å². The summed E-state index contributed by atoms with van der Waals surface area (Å²) in [6, 6.07) is 15.0. The van der Waals surface area contributed by atoms with Gasteiger partial charge in [-0.05, 0) is 29.8 Å². The Kier molecular flexibility index (Phi) is 5.18. The number of para-hydroxylation sites is 1. The van der Waals surface area contributed by atoms with E-state index in [1.807, 2.05) is 54.6 Å². The molecule has 2 atom stereocenters. The molecular weight excluding hydrogens is 326 g/mol. The lowest BCUT2D eigenvalue weighted by atomic mass is 9.94. The van der Waals surface area contributed by atoms with Crippen LogP contribution in [0, 0.1) is 0 Å². The molecule has 2 aromatic carbocycles. The van der Waals surface area contributed by atoms with Crippen LogP contribution in [0.15, 0.2) is 54.8 Å². The minimum Gasteiger partial charge on any atom is -0.465 e. The minimum absolute atomic E-state index is 0.0421. The Balaban J connectivity index is 1.79. The van der Waals surface area contributed by atoms with Crippen LogP contribution in [0.3, 0.4) is 0 Å². The number of benzene rings is 2. The third-order valence-electron chi connectivity index (χ3n) is 4.01. The zero-order valence-corrected chi connectivity index (χ0v) is 14.0. The largest absolute Gasteiger partial charge is 0.465 e. The van der Waals surface area contributed by atoms with Crippen LogP contribution in [-0.2, 0) is 9.53 Å². The molecule has 0 saturated carbocycles. The normalized spacial score (nSPS) is 20.3. The fraction of sp³-hybridized carbons (Fsp3) is 0.211. The van der Waals surface area contributed by atoms with E-state index in [9.17, 15) is 4.79 Å². The van der Waals surface area contributed by atoms with E-state index in [1.54, 1.807) is 13.4 Å².